The molecule has 2 aliphatic carbocycles. The van der Waals surface area contributed by atoms with Crippen molar-refractivity contribution >= 4 is 39.5 Å². The third kappa shape index (κ3) is 7.87. The molecule has 0 bridgehead atoms. The SMILES string of the molecule is O=C([C@H]1CN([C@@H]2c3ccc(Cl)cc3CCc3cc(Br)cnc32)CCN1C(=O)OC1CCCC1)N(CCCn1ccnc1)Cc1ccccc1. The van der Waals surface area contributed by atoms with Gasteiger partial charge in [-0.15, -0.1) is 0 Å². The Morgan fingerprint density at radius 1 is 1.02 bits per heavy atom. The third-order valence-corrected chi connectivity index (χ3v) is 10.8. The summed E-state index contributed by atoms with van der Waals surface area (Å²) in [6.45, 7) is 3.04. The number of halogens is 2. The maximum atomic E-state index is 14.9. The molecule has 1 saturated heterocycles. The molecule has 0 N–H and O–H groups in total. The number of pyridine rings is 1. The first-order chi connectivity index (χ1) is 23.9. The largest absolute Gasteiger partial charge is 0.446 e. The molecule has 2 atom stereocenters. The molecule has 1 saturated carbocycles. The Labute approximate surface area is 301 Å². The molecule has 0 radical (unpaired) electrons. The average molecular weight is 746 g/mol. The first-order valence-electron chi connectivity index (χ1n) is 17.4. The molecule has 7 rings (SSSR count). The van der Waals surface area contributed by atoms with E-state index < -0.39 is 12.1 Å². The number of amides is 2. The summed E-state index contributed by atoms with van der Waals surface area (Å²) < 4.78 is 9.02. The van der Waals surface area contributed by atoms with E-state index in [0.29, 0.717) is 37.7 Å². The number of fused-ring (bicyclic) bond motifs is 2. The van der Waals surface area contributed by atoms with Crippen LogP contribution in [0.2, 0.25) is 5.02 Å². The predicted molar refractivity (Wildman–Crippen MR) is 192 cm³/mol. The maximum absolute atomic E-state index is 14.9. The van der Waals surface area contributed by atoms with Crippen LogP contribution in [0.25, 0.3) is 0 Å². The van der Waals surface area contributed by atoms with Crippen molar-refractivity contribution in [3.8, 4) is 0 Å². The van der Waals surface area contributed by atoms with Crippen molar-refractivity contribution in [1.29, 1.82) is 0 Å². The number of aromatic nitrogens is 3. The molecule has 3 heterocycles. The van der Waals surface area contributed by atoms with Gasteiger partial charge in [-0.1, -0.05) is 48.0 Å². The highest BCUT2D eigenvalue weighted by molar-refractivity contribution is 9.10. The number of rotatable bonds is 9. The summed E-state index contributed by atoms with van der Waals surface area (Å²) in [5.74, 6) is -0.0727. The smallest absolute Gasteiger partial charge is 0.410 e. The van der Waals surface area contributed by atoms with Crippen LogP contribution < -0.4 is 0 Å². The van der Waals surface area contributed by atoms with E-state index in [1.54, 1.807) is 17.4 Å². The van der Waals surface area contributed by atoms with E-state index in [4.69, 9.17) is 21.3 Å². The summed E-state index contributed by atoms with van der Waals surface area (Å²) in [5.41, 5.74) is 5.53. The summed E-state index contributed by atoms with van der Waals surface area (Å²) in [6, 6.07) is 17.4. The maximum Gasteiger partial charge on any atom is 0.410 e. The van der Waals surface area contributed by atoms with Crippen molar-refractivity contribution in [2.24, 2.45) is 0 Å². The fourth-order valence-corrected chi connectivity index (χ4v) is 8.19. The predicted octanol–water partition coefficient (Wildman–Crippen LogP) is 7.07. The zero-order valence-corrected chi connectivity index (χ0v) is 29.9. The van der Waals surface area contributed by atoms with Crippen molar-refractivity contribution < 1.29 is 14.3 Å². The number of carbonyl (C=O) groups excluding carboxylic acids is 2. The first-order valence-corrected chi connectivity index (χ1v) is 18.5. The number of imidazole rings is 1. The minimum Gasteiger partial charge on any atom is -0.446 e. The van der Waals surface area contributed by atoms with Crippen LogP contribution in [0.3, 0.4) is 0 Å². The van der Waals surface area contributed by atoms with Gasteiger partial charge in [0.05, 0.1) is 18.1 Å². The number of hydrogen-bond acceptors (Lipinski definition) is 6. The average Bonchev–Trinajstić information content (AvgIpc) is 3.81. The number of ether oxygens (including phenoxy) is 1. The fraction of sp³-hybridized carbons (Fsp3) is 0.421. The lowest BCUT2D eigenvalue weighted by Crippen LogP contribution is -2.62. The van der Waals surface area contributed by atoms with Crippen LogP contribution in [-0.4, -0.2) is 79.6 Å². The first kappa shape index (κ1) is 33.8. The monoisotopic (exact) mass is 744 g/mol. The minimum absolute atomic E-state index is 0.0727. The zero-order valence-electron chi connectivity index (χ0n) is 27.6. The zero-order chi connectivity index (χ0) is 33.7. The molecule has 11 heteroatoms. The number of carbonyl (C=O) groups is 2. The molecule has 256 valence electrons. The van der Waals surface area contributed by atoms with E-state index in [1.807, 2.05) is 58.3 Å². The van der Waals surface area contributed by atoms with Gasteiger partial charge in [0.25, 0.3) is 0 Å². The van der Waals surface area contributed by atoms with Crippen LogP contribution in [0.1, 0.15) is 66.1 Å². The highest BCUT2D eigenvalue weighted by Crippen LogP contribution is 2.39. The van der Waals surface area contributed by atoms with E-state index in [9.17, 15) is 9.59 Å². The summed E-state index contributed by atoms with van der Waals surface area (Å²) >= 11 is 10.1. The van der Waals surface area contributed by atoms with Gasteiger partial charge in [0.15, 0.2) is 0 Å². The molecule has 1 aliphatic heterocycles. The lowest BCUT2D eigenvalue weighted by atomic mass is 9.95. The summed E-state index contributed by atoms with van der Waals surface area (Å²) in [4.78, 5) is 43.9. The van der Waals surface area contributed by atoms with Crippen LogP contribution in [0.15, 0.2) is 84.0 Å². The van der Waals surface area contributed by atoms with Gasteiger partial charge < -0.3 is 14.2 Å². The van der Waals surface area contributed by atoms with Gasteiger partial charge >= 0.3 is 6.09 Å². The molecular formula is C38H42BrClN6O3. The van der Waals surface area contributed by atoms with Crippen LogP contribution in [-0.2, 0) is 35.5 Å². The van der Waals surface area contributed by atoms with E-state index in [1.165, 1.54) is 11.1 Å². The molecule has 2 aromatic carbocycles. The van der Waals surface area contributed by atoms with Crippen molar-refractivity contribution in [3.05, 3.63) is 117 Å². The second-order valence-corrected chi connectivity index (χ2v) is 14.7. The Kier molecular flexibility index (Phi) is 10.6. The van der Waals surface area contributed by atoms with Crippen molar-refractivity contribution in [3.63, 3.8) is 0 Å². The number of benzene rings is 2. The van der Waals surface area contributed by atoms with E-state index in [2.05, 4.69) is 44.0 Å². The van der Waals surface area contributed by atoms with Gasteiger partial charge in [-0.3, -0.25) is 19.6 Å². The number of hydrogen-bond donors (Lipinski definition) is 0. The lowest BCUT2D eigenvalue weighted by Gasteiger charge is -2.45. The topological polar surface area (TPSA) is 83.8 Å². The molecule has 3 aliphatic rings. The Morgan fingerprint density at radius 2 is 1.84 bits per heavy atom. The van der Waals surface area contributed by atoms with Gasteiger partial charge in [-0.2, -0.15) is 0 Å². The number of aryl methyl sites for hydroxylation is 3. The Morgan fingerprint density at radius 3 is 2.63 bits per heavy atom. The van der Waals surface area contributed by atoms with E-state index in [0.717, 1.165) is 72.8 Å². The van der Waals surface area contributed by atoms with E-state index in [-0.39, 0.29) is 18.1 Å². The lowest BCUT2D eigenvalue weighted by molar-refractivity contribution is -0.140. The number of piperazine rings is 1. The molecule has 0 unspecified atom stereocenters. The Bertz CT molecular complexity index is 1700. The van der Waals surface area contributed by atoms with Crippen LogP contribution >= 0.6 is 27.5 Å². The molecule has 0 spiro atoms. The van der Waals surface area contributed by atoms with Gasteiger partial charge in [0.1, 0.15) is 12.1 Å². The molecule has 2 amide bonds. The molecule has 9 nitrogen and oxygen atoms in total. The number of nitrogens with zero attached hydrogens (tertiary/aromatic N) is 6. The van der Waals surface area contributed by atoms with Gasteiger partial charge in [-0.25, -0.2) is 9.78 Å². The van der Waals surface area contributed by atoms with Crippen LogP contribution in [0.4, 0.5) is 4.79 Å². The van der Waals surface area contributed by atoms with Gasteiger partial charge in [0, 0.05) is 67.4 Å². The van der Waals surface area contributed by atoms with Gasteiger partial charge in [0.2, 0.25) is 5.91 Å². The normalized spacial score (nSPS) is 19.6. The highest BCUT2D eigenvalue weighted by Gasteiger charge is 2.43. The third-order valence-electron chi connectivity index (χ3n) is 10.1. The van der Waals surface area contributed by atoms with E-state index >= 15 is 0 Å². The summed E-state index contributed by atoms with van der Waals surface area (Å²) in [5, 5.41) is 0.706. The second-order valence-electron chi connectivity index (χ2n) is 13.3. The quantitative estimate of drug-likeness (QED) is 0.183. The fourth-order valence-electron chi connectivity index (χ4n) is 7.61. The highest BCUT2D eigenvalue weighted by atomic mass is 79.9. The summed E-state index contributed by atoms with van der Waals surface area (Å²) in [7, 11) is 0. The summed E-state index contributed by atoms with van der Waals surface area (Å²) in [6.07, 6.45) is 13.2. The minimum atomic E-state index is -0.725. The standard InChI is InChI=1S/C38H42BrClN6O3/c39-30-21-29-12-11-28-22-31(40)13-14-33(28)36(35(29)42-23-30)44-19-20-46(38(48)49-32-9-4-5-10-32)34(25-44)37(47)45(24-27-7-2-1-3-8-27)17-6-16-43-18-15-41-26-43/h1-3,7-8,13-15,18,21-23,26,32,34,36H,4-6,9-12,16-17,19-20,24-25H2/t34-,36-/m1/s1. The van der Waals surface area contributed by atoms with Crippen LogP contribution in [0.5, 0.6) is 0 Å². The molecule has 2 aromatic heterocycles. The van der Waals surface area contributed by atoms with Crippen molar-refractivity contribution in [1.82, 2.24) is 29.2 Å². The Balaban J connectivity index is 1.22. The van der Waals surface area contributed by atoms with Crippen molar-refractivity contribution in [2.45, 2.75) is 76.2 Å². The molecule has 4 aromatic rings. The Hall–Kier alpha value is -3.73. The second kappa shape index (κ2) is 15.4. The van der Waals surface area contributed by atoms with Gasteiger partial charge in [-0.05, 0) is 101 Å². The van der Waals surface area contributed by atoms with Crippen molar-refractivity contribution in [2.75, 3.05) is 26.2 Å². The molecule has 2 fully saturated rings. The molecular weight excluding hydrogens is 704 g/mol. The molecule has 49 heavy (non-hydrogen) atoms. The van der Waals surface area contributed by atoms with Crippen LogP contribution in [0, 0.1) is 0 Å².